The molecule has 1 unspecified atom stereocenters. The van der Waals surface area contributed by atoms with Crippen molar-refractivity contribution in [2.45, 2.75) is 32.0 Å². The quantitative estimate of drug-likeness (QED) is 0.435. The van der Waals surface area contributed by atoms with Gasteiger partial charge in [-0.05, 0) is 37.1 Å². The molecule has 1 atom stereocenters. The Balaban J connectivity index is 2.63. The van der Waals surface area contributed by atoms with Crippen LogP contribution in [-0.2, 0) is 24.4 Å². The molecule has 26 heavy (non-hydrogen) atoms. The van der Waals surface area contributed by atoms with Gasteiger partial charge in [0.05, 0.1) is 7.11 Å². The van der Waals surface area contributed by atoms with Crippen LogP contribution in [0.1, 0.15) is 31.4 Å². The lowest BCUT2D eigenvalue weighted by atomic mass is 9.71. The third kappa shape index (κ3) is 4.53. The number of hydrogen-bond acceptors (Lipinski definition) is 4. The number of benzene rings is 2. The van der Waals surface area contributed by atoms with E-state index in [1.54, 1.807) is 0 Å². The van der Waals surface area contributed by atoms with Gasteiger partial charge in [-0.1, -0.05) is 58.4 Å². The Hall–Kier alpha value is -1.69. The van der Waals surface area contributed by atoms with E-state index in [-0.39, 0.29) is 5.97 Å². The summed E-state index contributed by atoms with van der Waals surface area (Å²) in [5.74, 6) is -0.338. The first-order chi connectivity index (χ1) is 12.6. The maximum atomic E-state index is 13.1. The highest BCUT2D eigenvalue weighted by molar-refractivity contribution is 9.10. The van der Waals surface area contributed by atoms with Gasteiger partial charge in [0.15, 0.2) is 6.29 Å². The lowest BCUT2D eigenvalue weighted by Crippen LogP contribution is -2.42. The highest BCUT2D eigenvalue weighted by Crippen LogP contribution is 2.39. The van der Waals surface area contributed by atoms with Crippen LogP contribution in [0.25, 0.3) is 0 Å². The molecule has 0 saturated heterocycles. The summed E-state index contributed by atoms with van der Waals surface area (Å²) in [4.78, 5) is 13.1. The lowest BCUT2D eigenvalue weighted by Gasteiger charge is -2.35. The van der Waals surface area contributed by atoms with Crippen LogP contribution in [0.15, 0.2) is 59.1 Å². The first-order valence-electron chi connectivity index (χ1n) is 8.71. The fourth-order valence-electron chi connectivity index (χ4n) is 3.14. The molecule has 0 fully saturated rings. The minimum absolute atomic E-state index is 0.326. The summed E-state index contributed by atoms with van der Waals surface area (Å²) < 4.78 is 17.7. The normalized spacial score (nSPS) is 13.4. The molecule has 2 aromatic rings. The number of ether oxygens (including phenoxy) is 3. The molecule has 0 spiro atoms. The monoisotopic (exact) mass is 420 g/mol. The zero-order valence-corrected chi connectivity index (χ0v) is 17.0. The zero-order valence-electron chi connectivity index (χ0n) is 15.4. The van der Waals surface area contributed by atoms with Crippen LogP contribution in [-0.4, -0.2) is 32.6 Å². The summed E-state index contributed by atoms with van der Waals surface area (Å²) in [7, 11) is 1.41. The van der Waals surface area contributed by atoms with E-state index in [0.29, 0.717) is 19.6 Å². The largest absolute Gasteiger partial charge is 0.468 e. The van der Waals surface area contributed by atoms with Gasteiger partial charge in [0.1, 0.15) is 5.41 Å². The standard InChI is InChI=1S/C21H25BrO4/c1-4-25-19(26-5-2)15-21(20(23)24-3,16-9-7-6-8-10-16)17-11-13-18(22)14-12-17/h6-14,19H,4-5,15H2,1-3H3. The van der Waals surface area contributed by atoms with E-state index in [1.165, 1.54) is 7.11 Å². The fourth-order valence-corrected chi connectivity index (χ4v) is 3.40. The van der Waals surface area contributed by atoms with Crippen molar-refractivity contribution in [1.29, 1.82) is 0 Å². The SMILES string of the molecule is CCOC(CC(C(=O)OC)(c1ccccc1)c1ccc(Br)cc1)OCC. The molecule has 0 N–H and O–H groups in total. The summed E-state index contributed by atoms with van der Waals surface area (Å²) in [5.41, 5.74) is 0.660. The van der Waals surface area contributed by atoms with Crippen LogP contribution in [0, 0.1) is 0 Å². The molecule has 0 heterocycles. The molecule has 0 saturated carbocycles. The Kier molecular flexibility index (Phi) is 7.82. The van der Waals surface area contributed by atoms with E-state index in [1.807, 2.05) is 68.4 Å². The molecule has 0 aliphatic carbocycles. The second kappa shape index (κ2) is 9.86. The highest BCUT2D eigenvalue weighted by atomic mass is 79.9. The molecule has 4 nitrogen and oxygen atoms in total. The van der Waals surface area contributed by atoms with E-state index in [9.17, 15) is 4.79 Å². The van der Waals surface area contributed by atoms with Gasteiger partial charge in [0, 0.05) is 24.1 Å². The van der Waals surface area contributed by atoms with Crippen LogP contribution in [0.2, 0.25) is 0 Å². The Morgan fingerprint density at radius 1 is 0.962 bits per heavy atom. The van der Waals surface area contributed by atoms with Crippen molar-refractivity contribution in [3.63, 3.8) is 0 Å². The first-order valence-corrected chi connectivity index (χ1v) is 9.51. The lowest BCUT2D eigenvalue weighted by molar-refractivity contribution is -0.164. The molecule has 2 aromatic carbocycles. The van der Waals surface area contributed by atoms with Crippen molar-refractivity contribution in [2.24, 2.45) is 0 Å². The maximum Gasteiger partial charge on any atom is 0.321 e. The van der Waals surface area contributed by atoms with Crippen molar-refractivity contribution in [2.75, 3.05) is 20.3 Å². The van der Waals surface area contributed by atoms with Gasteiger partial charge in [-0.25, -0.2) is 0 Å². The molecule has 0 amide bonds. The minimum Gasteiger partial charge on any atom is -0.468 e. The van der Waals surface area contributed by atoms with Crippen LogP contribution in [0.5, 0.6) is 0 Å². The van der Waals surface area contributed by atoms with Crippen LogP contribution < -0.4 is 0 Å². The summed E-state index contributed by atoms with van der Waals surface area (Å²) in [5, 5.41) is 0. The van der Waals surface area contributed by atoms with Crippen molar-refractivity contribution >= 4 is 21.9 Å². The molecule has 0 radical (unpaired) electrons. The number of esters is 1. The Morgan fingerprint density at radius 3 is 2.00 bits per heavy atom. The maximum absolute atomic E-state index is 13.1. The molecular formula is C21H25BrO4. The molecule has 5 heteroatoms. The zero-order chi connectivity index (χ0) is 19.0. The molecular weight excluding hydrogens is 396 g/mol. The van der Waals surface area contributed by atoms with E-state index in [4.69, 9.17) is 14.2 Å². The number of methoxy groups -OCH3 is 1. The van der Waals surface area contributed by atoms with Crippen molar-refractivity contribution in [3.8, 4) is 0 Å². The predicted molar refractivity (Wildman–Crippen MR) is 105 cm³/mol. The van der Waals surface area contributed by atoms with Gasteiger partial charge in [-0.2, -0.15) is 0 Å². The van der Waals surface area contributed by atoms with E-state index >= 15 is 0 Å². The fraction of sp³-hybridized carbons (Fsp3) is 0.381. The Labute approximate surface area is 163 Å². The van der Waals surface area contributed by atoms with Gasteiger partial charge in [0.2, 0.25) is 0 Å². The van der Waals surface area contributed by atoms with Gasteiger partial charge in [-0.15, -0.1) is 0 Å². The van der Waals surface area contributed by atoms with Crippen LogP contribution in [0.3, 0.4) is 0 Å². The van der Waals surface area contributed by atoms with Crippen LogP contribution in [0.4, 0.5) is 0 Å². The van der Waals surface area contributed by atoms with E-state index in [2.05, 4.69) is 15.9 Å². The van der Waals surface area contributed by atoms with Crippen molar-refractivity contribution in [3.05, 3.63) is 70.2 Å². The summed E-state index contributed by atoms with van der Waals surface area (Å²) >= 11 is 3.46. The van der Waals surface area contributed by atoms with Crippen molar-refractivity contribution in [1.82, 2.24) is 0 Å². The van der Waals surface area contributed by atoms with Crippen LogP contribution >= 0.6 is 15.9 Å². The van der Waals surface area contributed by atoms with Gasteiger partial charge in [0.25, 0.3) is 0 Å². The Bertz CT molecular complexity index is 681. The summed E-state index contributed by atoms with van der Waals surface area (Å²) in [6, 6.07) is 17.4. The third-order valence-corrected chi connectivity index (χ3v) is 4.84. The second-order valence-corrected chi connectivity index (χ2v) is 6.73. The summed E-state index contributed by atoms with van der Waals surface area (Å²) in [6.07, 6.45) is -0.194. The number of halogens is 1. The smallest absolute Gasteiger partial charge is 0.321 e. The van der Waals surface area contributed by atoms with E-state index < -0.39 is 11.7 Å². The molecule has 2 rings (SSSR count). The number of rotatable bonds is 9. The highest BCUT2D eigenvalue weighted by Gasteiger charge is 2.45. The average Bonchev–Trinajstić information content (AvgIpc) is 2.67. The topological polar surface area (TPSA) is 44.8 Å². The molecule has 0 bridgehead atoms. The Morgan fingerprint density at radius 2 is 1.50 bits per heavy atom. The number of carbonyl (C=O) groups is 1. The van der Waals surface area contributed by atoms with Gasteiger partial charge < -0.3 is 14.2 Å². The average molecular weight is 421 g/mol. The second-order valence-electron chi connectivity index (χ2n) is 5.81. The van der Waals surface area contributed by atoms with Gasteiger partial charge in [-0.3, -0.25) is 4.79 Å². The molecule has 0 aliphatic heterocycles. The minimum atomic E-state index is -1.02. The predicted octanol–water partition coefficient (Wildman–Crippen LogP) is 4.70. The first kappa shape index (κ1) is 20.6. The van der Waals surface area contributed by atoms with Gasteiger partial charge >= 0.3 is 5.97 Å². The van der Waals surface area contributed by atoms with Crippen molar-refractivity contribution < 1.29 is 19.0 Å². The summed E-state index contributed by atoms with van der Waals surface area (Å²) in [6.45, 7) is 4.82. The molecule has 0 aliphatic rings. The number of carbonyl (C=O) groups excluding carboxylic acids is 1. The van der Waals surface area contributed by atoms with E-state index in [0.717, 1.165) is 15.6 Å². The number of hydrogen-bond donors (Lipinski definition) is 0. The third-order valence-electron chi connectivity index (χ3n) is 4.32. The molecule has 140 valence electrons. The molecule has 0 aromatic heterocycles.